The molecule has 0 N–H and O–H groups in total. The molecule has 0 amide bonds. The molecule has 166 valence electrons. The Kier molecular flexibility index (Phi) is 7.12. The minimum Gasteiger partial charge on any atom is -0.0584 e. The average Bonchev–Trinajstić information content (AvgIpc) is 2.86. The molecule has 0 saturated heterocycles. The second kappa shape index (κ2) is 10.4. The molecule has 3 fully saturated rings. The summed E-state index contributed by atoms with van der Waals surface area (Å²) in [5, 5.41) is 0. The van der Waals surface area contributed by atoms with Crippen molar-refractivity contribution in [2.45, 2.75) is 102 Å². The molecule has 2 aromatic carbocycles. The van der Waals surface area contributed by atoms with Crippen LogP contribution >= 0.6 is 0 Å². The summed E-state index contributed by atoms with van der Waals surface area (Å²) in [6.45, 7) is 0. The zero-order valence-electron chi connectivity index (χ0n) is 19.5. The van der Waals surface area contributed by atoms with Crippen LogP contribution in [0.15, 0.2) is 48.5 Å². The van der Waals surface area contributed by atoms with E-state index in [1.165, 1.54) is 107 Å². The second-order valence-electron chi connectivity index (χ2n) is 11.0. The molecular formula is C31H42. The number of rotatable bonds is 5. The average molecular weight is 415 g/mol. The molecule has 0 radical (unpaired) electrons. The molecule has 3 saturated carbocycles. The van der Waals surface area contributed by atoms with Crippen molar-refractivity contribution in [3.63, 3.8) is 0 Å². The maximum Gasteiger partial charge on any atom is -0.0162 e. The van der Waals surface area contributed by atoms with Crippen molar-refractivity contribution in [1.82, 2.24) is 0 Å². The lowest BCUT2D eigenvalue weighted by Crippen LogP contribution is -2.24. The van der Waals surface area contributed by atoms with Gasteiger partial charge < -0.3 is 0 Å². The van der Waals surface area contributed by atoms with Gasteiger partial charge in [0.05, 0.1) is 0 Å². The van der Waals surface area contributed by atoms with Crippen LogP contribution in [-0.4, -0.2) is 0 Å². The van der Waals surface area contributed by atoms with E-state index in [0.29, 0.717) is 0 Å². The monoisotopic (exact) mass is 414 g/mol. The van der Waals surface area contributed by atoms with Crippen molar-refractivity contribution in [3.8, 4) is 11.1 Å². The Morgan fingerprint density at radius 1 is 0.484 bits per heavy atom. The fraction of sp³-hybridized carbons (Fsp3) is 0.613. The largest absolute Gasteiger partial charge is 0.0584 e. The highest BCUT2D eigenvalue weighted by molar-refractivity contribution is 5.64. The van der Waals surface area contributed by atoms with Crippen molar-refractivity contribution < 1.29 is 0 Å². The van der Waals surface area contributed by atoms with Crippen LogP contribution in [0, 0.1) is 17.8 Å². The summed E-state index contributed by atoms with van der Waals surface area (Å²) in [6, 6.07) is 19.0. The van der Waals surface area contributed by atoms with E-state index in [4.69, 9.17) is 0 Å². The summed E-state index contributed by atoms with van der Waals surface area (Å²) in [7, 11) is 0. The molecule has 3 aliphatic rings. The topological polar surface area (TPSA) is 0 Å². The van der Waals surface area contributed by atoms with Gasteiger partial charge in [0.25, 0.3) is 0 Å². The summed E-state index contributed by atoms with van der Waals surface area (Å²) < 4.78 is 0. The van der Waals surface area contributed by atoms with Gasteiger partial charge in [-0.1, -0.05) is 99.9 Å². The Balaban J connectivity index is 1.13. The predicted molar refractivity (Wildman–Crippen MR) is 133 cm³/mol. The third-order valence-electron chi connectivity index (χ3n) is 9.01. The van der Waals surface area contributed by atoms with E-state index in [1.54, 1.807) is 11.1 Å². The third kappa shape index (κ3) is 5.44. The fourth-order valence-corrected chi connectivity index (χ4v) is 7.02. The first-order valence-electron chi connectivity index (χ1n) is 13.5. The Labute approximate surface area is 190 Å². The minimum absolute atomic E-state index is 0.804. The van der Waals surface area contributed by atoms with E-state index < -0.39 is 0 Å². The molecule has 3 aliphatic carbocycles. The first kappa shape index (κ1) is 21.3. The predicted octanol–water partition coefficient (Wildman–Crippen LogP) is 9.33. The highest BCUT2D eigenvalue weighted by atomic mass is 14.3. The van der Waals surface area contributed by atoms with E-state index in [-0.39, 0.29) is 0 Å². The van der Waals surface area contributed by atoms with Gasteiger partial charge in [-0.15, -0.1) is 0 Å². The Hall–Kier alpha value is -1.56. The lowest BCUT2D eigenvalue weighted by molar-refractivity contribution is 0.167. The van der Waals surface area contributed by atoms with Gasteiger partial charge in [0.1, 0.15) is 0 Å². The van der Waals surface area contributed by atoms with Crippen molar-refractivity contribution in [2.75, 3.05) is 0 Å². The van der Waals surface area contributed by atoms with Crippen LogP contribution in [0.1, 0.15) is 107 Å². The van der Waals surface area contributed by atoms with Gasteiger partial charge in [-0.3, -0.25) is 0 Å². The molecule has 0 unspecified atom stereocenters. The van der Waals surface area contributed by atoms with Crippen LogP contribution in [0.25, 0.3) is 11.1 Å². The van der Waals surface area contributed by atoms with E-state index >= 15 is 0 Å². The molecule has 2 aromatic rings. The van der Waals surface area contributed by atoms with Crippen molar-refractivity contribution in [1.29, 1.82) is 0 Å². The highest BCUT2D eigenvalue weighted by Crippen LogP contribution is 2.41. The fourth-order valence-electron chi connectivity index (χ4n) is 7.02. The van der Waals surface area contributed by atoms with E-state index in [1.807, 2.05) is 0 Å². The summed E-state index contributed by atoms with van der Waals surface area (Å²) in [6.07, 6.45) is 21.8. The van der Waals surface area contributed by atoms with Crippen molar-refractivity contribution in [2.24, 2.45) is 17.8 Å². The standard InChI is InChI=1S/C31H42/c1-3-7-26(8-4-1)28-15-11-24(12-16-28)23-25-13-17-29(18-14-25)31-21-19-30(20-22-31)27-9-5-2-6-10-27/h13-14,17-22,24,26-28H,1-12,15-16,23H2. The molecular weight excluding hydrogens is 372 g/mol. The number of benzene rings is 2. The van der Waals surface area contributed by atoms with Crippen molar-refractivity contribution in [3.05, 3.63) is 59.7 Å². The van der Waals surface area contributed by atoms with Gasteiger partial charge in [0.2, 0.25) is 0 Å². The molecule has 0 aromatic heterocycles. The van der Waals surface area contributed by atoms with Crippen molar-refractivity contribution >= 4 is 0 Å². The van der Waals surface area contributed by atoms with E-state index in [0.717, 1.165) is 23.7 Å². The summed E-state index contributed by atoms with van der Waals surface area (Å²) >= 11 is 0. The SMILES string of the molecule is c1cc(-c2ccc(C3CCCCC3)cc2)ccc1CC1CCC(C2CCCCC2)CC1. The van der Waals surface area contributed by atoms with Gasteiger partial charge in [-0.05, 0) is 90.9 Å². The van der Waals surface area contributed by atoms with Gasteiger partial charge in [-0.25, -0.2) is 0 Å². The Morgan fingerprint density at radius 2 is 1.00 bits per heavy atom. The van der Waals surface area contributed by atoms with Crippen LogP contribution in [0.4, 0.5) is 0 Å². The zero-order chi connectivity index (χ0) is 20.9. The molecule has 0 spiro atoms. The van der Waals surface area contributed by atoms with E-state index in [9.17, 15) is 0 Å². The summed E-state index contributed by atoms with van der Waals surface area (Å²) in [5.41, 5.74) is 5.85. The van der Waals surface area contributed by atoms with Crippen LogP contribution in [-0.2, 0) is 6.42 Å². The van der Waals surface area contributed by atoms with Crippen LogP contribution in [0.2, 0.25) is 0 Å². The lowest BCUT2D eigenvalue weighted by atomic mass is 9.70. The van der Waals surface area contributed by atoms with Gasteiger partial charge >= 0.3 is 0 Å². The summed E-state index contributed by atoms with van der Waals surface area (Å²) in [5.74, 6) is 3.84. The quantitative estimate of drug-likeness (QED) is 0.457. The Morgan fingerprint density at radius 3 is 1.61 bits per heavy atom. The lowest BCUT2D eigenvalue weighted by Gasteiger charge is -2.36. The van der Waals surface area contributed by atoms with Gasteiger partial charge in [0, 0.05) is 0 Å². The molecule has 0 bridgehead atoms. The third-order valence-corrected chi connectivity index (χ3v) is 9.01. The highest BCUT2D eigenvalue weighted by Gasteiger charge is 2.28. The normalized spacial score (nSPS) is 26.1. The maximum atomic E-state index is 2.40. The molecule has 31 heavy (non-hydrogen) atoms. The first-order chi connectivity index (χ1) is 15.3. The molecule has 5 rings (SSSR count). The first-order valence-corrected chi connectivity index (χ1v) is 13.5. The molecule has 0 atom stereocenters. The van der Waals surface area contributed by atoms with Crippen LogP contribution in [0.5, 0.6) is 0 Å². The maximum absolute atomic E-state index is 2.40. The molecule has 0 heteroatoms. The second-order valence-corrected chi connectivity index (χ2v) is 11.0. The zero-order valence-corrected chi connectivity index (χ0v) is 19.5. The number of hydrogen-bond acceptors (Lipinski definition) is 0. The molecule has 0 aliphatic heterocycles. The van der Waals surface area contributed by atoms with Gasteiger partial charge in [-0.2, -0.15) is 0 Å². The minimum atomic E-state index is 0.804. The Bertz CT molecular complexity index is 779. The van der Waals surface area contributed by atoms with E-state index in [2.05, 4.69) is 48.5 Å². The molecule has 0 heterocycles. The van der Waals surface area contributed by atoms with Gasteiger partial charge in [0.15, 0.2) is 0 Å². The molecule has 0 nitrogen and oxygen atoms in total. The summed E-state index contributed by atoms with van der Waals surface area (Å²) in [4.78, 5) is 0. The smallest absolute Gasteiger partial charge is 0.0162 e. The van der Waals surface area contributed by atoms with Crippen LogP contribution < -0.4 is 0 Å². The number of hydrogen-bond donors (Lipinski definition) is 0. The van der Waals surface area contributed by atoms with Crippen LogP contribution in [0.3, 0.4) is 0 Å².